The molecule has 0 aromatic heterocycles. The van der Waals surface area contributed by atoms with E-state index in [-0.39, 0.29) is 41.8 Å². The van der Waals surface area contributed by atoms with E-state index in [4.69, 9.17) is 4.74 Å². The van der Waals surface area contributed by atoms with Crippen LogP contribution in [0, 0.1) is 5.92 Å². The van der Waals surface area contributed by atoms with Crippen molar-refractivity contribution in [1.82, 2.24) is 15.5 Å². The summed E-state index contributed by atoms with van der Waals surface area (Å²) in [5.74, 6) is 1.95. The maximum absolute atomic E-state index is 12.1. The van der Waals surface area contributed by atoms with Gasteiger partial charge in [-0.2, -0.15) is 0 Å². The van der Waals surface area contributed by atoms with E-state index in [1.165, 1.54) is 5.56 Å². The first-order valence-electron chi connectivity index (χ1n) is 8.92. The maximum atomic E-state index is 12.1. The Balaban J connectivity index is 0.00000338. The van der Waals surface area contributed by atoms with Gasteiger partial charge in [-0.05, 0) is 30.5 Å². The summed E-state index contributed by atoms with van der Waals surface area (Å²) in [6.07, 6.45) is 1.87. The number of aliphatic imine (C=N–C) groups is 1. The van der Waals surface area contributed by atoms with Crippen LogP contribution >= 0.6 is 24.0 Å². The van der Waals surface area contributed by atoms with Crippen LogP contribution in [0.25, 0.3) is 0 Å². The van der Waals surface area contributed by atoms with Gasteiger partial charge in [0.1, 0.15) is 5.75 Å². The van der Waals surface area contributed by atoms with Gasteiger partial charge >= 0.3 is 0 Å². The van der Waals surface area contributed by atoms with Gasteiger partial charge in [-0.3, -0.25) is 9.79 Å². The van der Waals surface area contributed by atoms with Gasteiger partial charge in [0.25, 0.3) is 0 Å². The molecule has 1 amide bonds. The van der Waals surface area contributed by atoms with Crippen molar-refractivity contribution in [3.05, 3.63) is 29.8 Å². The lowest BCUT2D eigenvalue weighted by Gasteiger charge is -2.20. The molecular formula is C19H31IN4O2. The van der Waals surface area contributed by atoms with Crippen LogP contribution in [-0.2, 0) is 11.2 Å². The summed E-state index contributed by atoms with van der Waals surface area (Å²) in [7, 11) is 3.44. The first-order chi connectivity index (χ1) is 12.0. The number of carbonyl (C=O) groups excluding carboxylic acids is 1. The first-order valence-corrected chi connectivity index (χ1v) is 8.92. The van der Waals surface area contributed by atoms with Gasteiger partial charge in [0.05, 0.1) is 7.11 Å². The average molecular weight is 474 g/mol. The van der Waals surface area contributed by atoms with Gasteiger partial charge < -0.3 is 20.3 Å². The van der Waals surface area contributed by atoms with E-state index < -0.39 is 0 Å². The molecule has 0 radical (unpaired) electrons. The molecule has 1 saturated heterocycles. The topological polar surface area (TPSA) is 66.0 Å². The predicted molar refractivity (Wildman–Crippen MR) is 116 cm³/mol. The number of amides is 1. The van der Waals surface area contributed by atoms with Crippen molar-refractivity contribution >= 4 is 35.8 Å². The van der Waals surface area contributed by atoms with Crippen molar-refractivity contribution in [3.8, 4) is 5.75 Å². The second-order valence-corrected chi connectivity index (χ2v) is 6.67. The highest BCUT2D eigenvalue weighted by Gasteiger charge is 2.27. The number of carbonyl (C=O) groups is 1. The number of hydrogen-bond acceptors (Lipinski definition) is 3. The van der Waals surface area contributed by atoms with Crippen LogP contribution < -0.4 is 15.4 Å². The number of halogens is 1. The molecule has 1 aliphatic heterocycles. The summed E-state index contributed by atoms with van der Waals surface area (Å²) < 4.78 is 5.17. The number of methoxy groups -OCH3 is 1. The minimum absolute atomic E-state index is 0. The molecular weight excluding hydrogens is 443 g/mol. The maximum Gasteiger partial charge on any atom is 0.225 e. The van der Waals surface area contributed by atoms with Crippen LogP contribution in [0.2, 0.25) is 0 Å². The van der Waals surface area contributed by atoms with E-state index in [0.717, 1.165) is 44.2 Å². The number of ether oxygens (including phenoxy) is 1. The summed E-state index contributed by atoms with van der Waals surface area (Å²) in [5, 5.41) is 6.76. The van der Waals surface area contributed by atoms with E-state index in [2.05, 4.69) is 27.8 Å². The highest BCUT2D eigenvalue weighted by molar-refractivity contribution is 14.0. The van der Waals surface area contributed by atoms with E-state index in [0.29, 0.717) is 0 Å². The molecule has 0 saturated carbocycles. The Bertz CT molecular complexity index is 590. The Morgan fingerprint density at radius 3 is 2.62 bits per heavy atom. The predicted octanol–water partition coefficient (Wildman–Crippen LogP) is 2.28. The molecule has 1 aromatic rings. The minimum Gasteiger partial charge on any atom is -0.497 e. The summed E-state index contributed by atoms with van der Waals surface area (Å²) in [4.78, 5) is 18.3. The molecule has 2 N–H and O–H groups in total. The first kappa shape index (κ1) is 22.5. The normalized spacial score (nSPS) is 17.0. The van der Waals surface area contributed by atoms with E-state index in [1.807, 2.05) is 30.9 Å². The zero-order valence-electron chi connectivity index (χ0n) is 16.1. The molecule has 2 rings (SSSR count). The number of nitrogens with one attached hydrogen (secondary N) is 2. The zero-order valence-corrected chi connectivity index (χ0v) is 18.4. The fourth-order valence-corrected chi connectivity index (χ4v) is 2.95. The third-order valence-electron chi connectivity index (χ3n) is 4.42. The van der Waals surface area contributed by atoms with Gasteiger partial charge in [0.15, 0.2) is 5.96 Å². The van der Waals surface area contributed by atoms with E-state index in [1.54, 1.807) is 14.2 Å². The highest BCUT2D eigenvalue weighted by Crippen LogP contribution is 2.13. The van der Waals surface area contributed by atoms with Crippen LogP contribution in [0.4, 0.5) is 0 Å². The molecule has 0 bridgehead atoms. The molecule has 0 spiro atoms. The lowest BCUT2D eigenvalue weighted by molar-refractivity contribution is -0.133. The van der Waals surface area contributed by atoms with Crippen molar-refractivity contribution in [3.63, 3.8) is 0 Å². The van der Waals surface area contributed by atoms with Crippen LogP contribution in [0.5, 0.6) is 5.75 Å². The highest BCUT2D eigenvalue weighted by atomic mass is 127. The monoisotopic (exact) mass is 474 g/mol. The molecule has 7 heteroatoms. The van der Waals surface area contributed by atoms with Crippen LogP contribution in [-0.4, -0.2) is 56.6 Å². The van der Waals surface area contributed by atoms with Crippen molar-refractivity contribution in [2.24, 2.45) is 10.9 Å². The second-order valence-electron chi connectivity index (χ2n) is 6.67. The van der Waals surface area contributed by atoms with Gasteiger partial charge in [-0.1, -0.05) is 26.0 Å². The fourth-order valence-electron chi connectivity index (χ4n) is 2.95. The van der Waals surface area contributed by atoms with E-state index >= 15 is 0 Å². The van der Waals surface area contributed by atoms with Gasteiger partial charge in [0, 0.05) is 38.6 Å². The van der Waals surface area contributed by atoms with Crippen LogP contribution in [0.3, 0.4) is 0 Å². The number of likely N-dealkylation sites (tertiary alicyclic amines) is 1. The Kier molecular flexibility index (Phi) is 9.75. The van der Waals surface area contributed by atoms with Gasteiger partial charge in [-0.25, -0.2) is 0 Å². The second kappa shape index (κ2) is 11.3. The molecule has 1 unspecified atom stereocenters. The lowest BCUT2D eigenvalue weighted by atomic mass is 10.1. The van der Waals surface area contributed by atoms with Crippen molar-refractivity contribution in [1.29, 1.82) is 0 Å². The molecule has 1 fully saturated rings. The number of rotatable bonds is 6. The summed E-state index contributed by atoms with van der Waals surface area (Å²) in [6, 6.07) is 8.35. The Labute approximate surface area is 173 Å². The SMILES string of the molecule is CN=C(NCCc1ccc(OC)cc1)NC1CCN(C(=O)C(C)C)C1.I. The lowest BCUT2D eigenvalue weighted by Crippen LogP contribution is -2.45. The smallest absolute Gasteiger partial charge is 0.225 e. The third kappa shape index (κ3) is 6.66. The standard InChI is InChI=1S/C19H30N4O2.HI/c1-14(2)18(24)23-12-10-16(13-23)22-19(20-3)21-11-9-15-5-7-17(25-4)8-6-15;/h5-8,14,16H,9-13H2,1-4H3,(H2,20,21,22);1H. The van der Waals surface area contributed by atoms with Crippen LogP contribution in [0.1, 0.15) is 25.8 Å². The number of nitrogens with zero attached hydrogens (tertiary/aromatic N) is 2. The van der Waals surface area contributed by atoms with Crippen molar-refractivity contribution in [2.45, 2.75) is 32.7 Å². The number of hydrogen-bond donors (Lipinski definition) is 2. The van der Waals surface area contributed by atoms with E-state index in [9.17, 15) is 4.79 Å². The molecule has 26 heavy (non-hydrogen) atoms. The average Bonchev–Trinajstić information content (AvgIpc) is 3.09. The van der Waals surface area contributed by atoms with Crippen molar-refractivity contribution < 1.29 is 9.53 Å². The largest absolute Gasteiger partial charge is 0.497 e. The molecule has 1 aromatic carbocycles. The Morgan fingerprint density at radius 2 is 2.04 bits per heavy atom. The minimum atomic E-state index is 0. The molecule has 1 aliphatic rings. The molecule has 1 heterocycles. The molecule has 1 atom stereocenters. The fraction of sp³-hybridized carbons (Fsp3) is 0.579. The number of benzene rings is 1. The number of guanidine groups is 1. The molecule has 146 valence electrons. The molecule has 6 nitrogen and oxygen atoms in total. The quantitative estimate of drug-likeness (QED) is 0.377. The molecule has 0 aliphatic carbocycles. The Hall–Kier alpha value is -1.51. The summed E-state index contributed by atoms with van der Waals surface area (Å²) in [6.45, 7) is 6.26. The van der Waals surface area contributed by atoms with Gasteiger partial charge in [0.2, 0.25) is 5.91 Å². The van der Waals surface area contributed by atoms with Gasteiger partial charge in [-0.15, -0.1) is 24.0 Å². The zero-order chi connectivity index (χ0) is 18.2. The van der Waals surface area contributed by atoms with Crippen LogP contribution in [0.15, 0.2) is 29.3 Å². The summed E-state index contributed by atoms with van der Waals surface area (Å²) >= 11 is 0. The third-order valence-corrected chi connectivity index (χ3v) is 4.42. The summed E-state index contributed by atoms with van der Waals surface area (Å²) in [5.41, 5.74) is 1.25. The Morgan fingerprint density at radius 1 is 1.35 bits per heavy atom. The van der Waals surface area contributed by atoms with Crippen molar-refractivity contribution in [2.75, 3.05) is 33.8 Å².